The maximum atomic E-state index is 12.4. The van der Waals surface area contributed by atoms with Gasteiger partial charge in [-0.1, -0.05) is 24.3 Å². The molecule has 2 aromatic carbocycles. The number of benzene rings is 2. The molecule has 6 nitrogen and oxygen atoms in total. The van der Waals surface area contributed by atoms with Gasteiger partial charge in [0.05, 0.1) is 12.3 Å². The summed E-state index contributed by atoms with van der Waals surface area (Å²) in [7, 11) is 3.96. The summed E-state index contributed by atoms with van der Waals surface area (Å²) in [4.78, 5) is 33.0. The van der Waals surface area contributed by atoms with Crippen LogP contribution >= 0.6 is 0 Å². The van der Waals surface area contributed by atoms with Gasteiger partial charge in [-0.25, -0.2) is 0 Å². The molecule has 2 aromatic rings. The maximum Gasteiger partial charge on any atom is 0.251 e. The Kier molecular flexibility index (Phi) is 6.28. The predicted octanol–water partition coefficient (Wildman–Crippen LogP) is 3.12. The highest BCUT2D eigenvalue weighted by Crippen LogP contribution is 2.28. The van der Waals surface area contributed by atoms with Crippen molar-refractivity contribution in [2.75, 3.05) is 38.6 Å². The minimum atomic E-state index is -0.0689. The van der Waals surface area contributed by atoms with Gasteiger partial charge in [-0.15, -0.1) is 0 Å². The Morgan fingerprint density at radius 1 is 1.19 bits per heavy atom. The van der Waals surface area contributed by atoms with Crippen LogP contribution in [0.5, 0.6) is 0 Å². The first kappa shape index (κ1) is 21.0. The fourth-order valence-corrected chi connectivity index (χ4v) is 3.88. The van der Waals surface area contributed by atoms with Crippen LogP contribution in [0.2, 0.25) is 0 Å². The average molecular weight is 417 g/mol. The van der Waals surface area contributed by atoms with Crippen LogP contribution in [0.15, 0.2) is 53.5 Å². The molecule has 0 saturated carbocycles. The summed E-state index contributed by atoms with van der Waals surface area (Å²) in [5.41, 5.74) is 5.69. The van der Waals surface area contributed by atoms with E-state index in [1.807, 2.05) is 66.4 Å². The number of anilines is 1. The van der Waals surface area contributed by atoms with Crippen LogP contribution < -0.4 is 10.2 Å². The van der Waals surface area contributed by atoms with Crippen molar-refractivity contribution in [2.45, 2.75) is 19.4 Å². The lowest BCUT2D eigenvalue weighted by molar-refractivity contribution is -0.117. The first-order valence-electron chi connectivity index (χ1n) is 10.7. The molecule has 1 saturated heterocycles. The van der Waals surface area contributed by atoms with Crippen LogP contribution in [0.25, 0.3) is 6.08 Å². The van der Waals surface area contributed by atoms with Gasteiger partial charge in [0.25, 0.3) is 5.91 Å². The average Bonchev–Trinajstić information content (AvgIpc) is 3.37. The summed E-state index contributed by atoms with van der Waals surface area (Å²) < 4.78 is 0. The molecular formula is C25H28N4O2. The first-order chi connectivity index (χ1) is 15.0. The Hall–Kier alpha value is -3.25. The smallest absolute Gasteiger partial charge is 0.251 e. The third-order valence-electron chi connectivity index (χ3n) is 5.60. The van der Waals surface area contributed by atoms with Gasteiger partial charge >= 0.3 is 0 Å². The zero-order chi connectivity index (χ0) is 21.8. The standard InChI is InChI=1S/C25H28N4O2/c1-28(2)14-12-26-25(31)19-6-3-5-18(15-19)8-11-23-22-16-21(10-9-20(22)17-27-23)29-13-4-7-24(29)30/h3,5-6,8-11,15-16H,4,7,12-14,17H2,1-2H3,(H,26,31)/b11-8+. The highest BCUT2D eigenvalue weighted by Gasteiger charge is 2.23. The second kappa shape index (κ2) is 9.27. The van der Waals surface area contributed by atoms with Gasteiger partial charge in [-0.05, 0) is 62.0 Å². The quantitative estimate of drug-likeness (QED) is 0.754. The van der Waals surface area contributed by atoms with E-state index in [2.05, 4.69) is 22.4 Å². The number of carbonyl (C=O) groups is 2. The highest BCUT2D eigenvalue weighted by atomic mass is 16.2. The van der Waals surface area contributed by atoms with E-state index in [1.165, 1.54) is 5.56 Å². The van der Waals surface area contributed by atoms with E-state index in [1.54, 1.807) is 0 Å². The number of likely N-dealkylation sites (N-methyl/N-ethyl adjacent to an activating group) is 1. The van der Waals surface area contributed by atoms with E-state index in [-0.39, 0.29) is 11.8 Å². The number of carbonyl (C=O) groups excluding carboxylic acids is 2. The molecule has 0 aromatic heterocycles. The van der Waals surface area contributed by atoms with Crippen LogP contribution in [0.3, 0.4) is 0 Å². The van der Waals surface area contributed by atoms with E-state index in [0.717, 1.165) is 42.0 Å². The summed E-state index contributed by atoms with van der Waals surface area (Å²) in [5.74, 6) is 0.119. The third kappa shape index (κ3) is 4.91. The molecule has 2 aliphatic heterocycles. The Bertz CT molecular complexity index is 1060. The van der Waals surface area contributed by atoms with E-state index in [9.17, 15) is 9.59 Å². The van der Waals surface area contributed by atoms with Gasteiger partial charge in [0.15, 0.2) is 0 Å². The van der Waals surface area contributed by atoms with Crippen molar-refractivity contribution in [3.05, 3.63) is 70.8 Å². The number of amides is 2. The SMILES string of the molecule is CN(C)CCNC(=O)c1cccc(/C=C/C2=NCc3ccc(N4CCCC4=O)cc32)c1. The van der Waals surface area contributed by atoms with Crippen molar-refractivity contribution in [2.24, 2.45) is 4.99 Å². The normalized spacial score (nSPS) is 15.6. The van der Waals surface area contributed by atoms with Crippen LogP contribution in [-0.2, 0) is 11.3 Å². The Balaban J connectivity index is 1.47. The molecule has 6 heteroatoms. The Morgan fingerprint density at radius 2 is 2.06 bits per heavy atom. The van der Waals surface area contributed by atoms with E-state index in [4.69, 9.17) is 0 Å². The van der Waals surface area contributed by atoms with Gasteiger partial charge in [0.1, 0.15) is 0 Å². The number of hydrogen-bond acceptors (Lipinski definition) is 4. The minimum absolute atomic E-state index is 0.0689. The number of aliphatic imine (C=N–C) groups is 1. The molecule has 0 aliphatic carbocycles. The Morgan fingerprint density at radius 3 is 2.84 bits per heavy atom. The number of hydrogen-bond donors (Lipinski definition) is 1. The lowest BCUT2D eigenvalue weighted by atomic mass is 10.0. The van der Waals surface area contributed by atoms with E-state index < -0.39 is 0 Å². The van der Waals surface area contributed by atoms with Crippen LogP contribution in [0.1, 0.15) is 39.9 Å². The van der Waals surface area contributed by atoms with Crippen molar-refractivity contribution >= 4 is 29.3 Å². The molecule has 0 spiro atoms. The lowest BCUT2D eigenvalue weighted by Crippen LogP contribution is -2.31. The molecule has 0 atom stereocenters. The zero-order valence-corrected chi connectivity index (χ0v) is 18.1. The number of nitrogens with one attached hydrogen (secondary N) is 1. The molecule has 4 rings (SSSR count). The minimum Gasteiger partial charge on any atom is -0.351 e. The van der Waals surface area contributed by atoms with Gasteiger partial charge in [-0.3, -0.25) is 14.6 Å². The van der Waals surface area contributed by atoms with Gasteiger partial charge in [0.2, 0.25) is 5.91 Å². The summed E-state index contributed by atoms with van der Waals surface area (Å²) in [5, 5.41) is 2.94. The molecule has 160 valence electrons. The zero-order valence-electron chi connectivity index (χ0n) is 18.1. The molecule has 0 unspecified atom stereocenters. The van der Waals surface area contributed by atoms with Crippen molar-refractivity contribution in [1.29, 1.82) is 0 Å². The van der Waals surface area contributed by atoms with E-state index >= 15 is 0 Å². The van der Waals surface area contributed by atoms with Crippen molar-refractivity contribution < 1.29 is 9.59 Å². The van der Waals surface area contributed by atoms with Crippen molar-refractivity contribution in [3.63, 3.8) is 0 Å². The number of rotatable bonds is 7. The lowest BCUT2D eigenvalue weighted by Gasteiger charge is -2.16. The number of nitrogens with zero attached hydrogens (tertiary/aromatic N) is 3. The number of fused-ring (bicyclic) bond motifs is 1. The van der Waals surface area contributed by atoms with Gasteiger partial charge < -0.3 is 15.1 Å². The second-order valence-electron chi connectivity index (χ2n) is 8.21. The molecule has 2 amide bonds. The highest BCUT2D eigenvalue weighted by molar-refractivity contribution is 6.14. The monoisotopic (exact) mass is 416 g/mol. The molecule has 1 N–H and O–H groups in total. The summed E-state index contributed by atoms with van der Waals surface area (Å²) in [6, 6.07) is 13.7. The van der Waals surface area contributed by atoms with Gasteiger partial charge in [-0.2, -0.15) is 0 Å². The van der Waals surface area contributed by atoms with Crippen LogP contribution in [0.4, 0.5) is 5.69 Å². The molecular weight excluding hydrogens is 388 g/mol. The molecule has 2 aliphatic rings. The third-order valence-corrected chi connectivity index (χ3v) is 5.60. The van der Waals surface area contributed by atoms with Gasteiger partial charge in [0, 0.05) is 42.9 Å². The second-order valence-corrected chi connectivity index (χ2v) is 8.21. The summed E-state index contributed by atoms with van der Waals surface area (Å²) in [6.45, 7) is 2.85. The largest absolute Gasteiger partial charge is 0.351 e. The fourth-order valence-electron chi connectivity index (χ4n) is 3.88. The first-order valence-corrected chi connectivity index (χ1v) is 10.7. The maximum absolute atomic E-state index is 12.4. The Labute approximate surface area is 183 Å². The summed E-state index contributed by atoms with van der Waals surface area (Å²) in [6.07, 6.45) is 5.51. The van der Waals surface area contributed by atoms with E-state index in [0.29, 0.717) is 25.1 Å². The molecule has 2 heterocycles. The van der Waals surface area contributed by atoms with Crippen molar-refractivity contribution in [3.8, 4) is 0 Å². The van der Waals surface area contributed by atoms with Crippen LogP contribution in [0, 0.1) is 0 Å². The van der Waals surface area contributed by atoms with Crippen molar-refractivity contribution in [1.82, 2.24) is 10.2 Å². The molecule has 1 fully saturated rings. The van der Waals surface area contributed by atoms with Crippen LogP contribution in [-0.4, -0.2) is 56.2 Å². The molecule has 0 bridgehead atoms. The fraction of sp³-hybridized carbons (Fsp3) is 0.320. The predicted molar refractivity (Wildman–Crippen MR) is 125 cm³/mol. The summed E-state index contributed by atoms with van der Waals surface area (Å²) >= 11 is 0. The molecule has 0 radical (unpaired) electrons. The molecule has 31 heavy (non-hydrogen) atoms. The number of allylic oxidation sites excluding steroid dienone is 1. The topological polar surface area (TPSA) is 65.0 Å².